The van der Waals surface area contributed by atoms with E-state index in [1.165, 1.54) is 4.90 Å². The molecule has 7 nitrogen and oxygen atoms in total. The molecule has 34 heavy (non-hydrogen) atoms. The summed E-state index contributed by atoms with van der Waals surface area (Å²) in [5, 5.41) is 0.412. The molecule has 1 saturated heterocycles. The molecule has 3 saturated carbocycles. The molecule has 0 N–H and O–H groups in total. The molecule has 2 amide bonds. The Morgan fingerprint density at radius 1 is 1.12 bits per heavy atom. The molecule has 1 aromatic carbocycles. The summed E-state index contributed by atoms with van der Waals surface area (Å²) in [6.07, 6.45) is 6.94. The Morgan fingerprint density at radius 3 is 2.38 bits per heavy atom. The predicted octanol–water partition coefficient (Wildman–Crippen LogP) is 3.60. The Balaban J connectivity index is 1.33. The minimum absolute atomic E-state index is 0.0132. The summed E-state index contributed by atoms with van der Waals surface area (Å²) >= 11 is 6.43. The van der Waals surface area contributed by atoms with Gasteiger partial charge in [0.2, 0.25) is 5.91 Å². The van der Waals surface area contributed by atoms with Gasteiger partial charge in [0.1, 0.15) is 5.82 Å². The monoisotopic (exact) mass is 479 g/mol. The molecule has 6 rings (SSSR count). The highest BCUT2D eigenvalue weighted by atomic mass is 35.5. The Bertz CT molecular complexity index is 1150. The van der Waals surface area contributed by atoms with Crippen LogP contribution in [0.25, 0.3) is 11.1 Å². The van der Waals surface area contributed by atoms with Crippen LogP contribution in [0.15, 0.2) is 35.5 Å². The third-order valence-corrected chi connectivity index (χ3v) is 7.77. The Kier molecular flexibility index (Phi) is 5.84. The topological polar surface area (TPSA) is 69.1 Å². The van der Waals surface area contributed by atoms with E-state index in [9.17, 15) is 9.59 Å². The minimum Gasteiger partial charge on any atom is -0.353 e. The van der Waals surface area contributed by atoms with Crippen LogP contribution in [0.1, 0.15) is 35.2 Å². The van der Waals surface area contributed by atoms with Crippen LogP contribution in [0.3, 0.4) is 0 Å². The molecule has 1 aromatic heterocycles. The lowest BCUT2D eigenvalue weighted by molar-refractivity contribution is -0.177. The van der Waals surface area contributed by atoms with Crippen LogP contribution in [-0.2, 0) is 4.79 Å². The number of carbonyl (C=O) groups is 2. The molecule has 1 aliphatic heterocycles. The largest absolute Gasteiger partial charge is 0.353 e. The maximum Gasteiger partial charge on any atom is 0.254 e. The van der Waals surface area contributed by atoms with E-state index in [1.807, 2.05) is 29.4 Å². The fourth-order valence-corrected chi connectivity index (χ4v) is 5.70. The lowest BCUT2D eigenvalue weighted by Crippen LogP contribution is -2.63. The zero-order valence-corrected chi connectivity index (χ0v) is 20.7. The second-order valence-electron chi connectivity index (χ2n) is 9.96. The van der Waals surface area contributed by atoms with Crippen molar-refractivity contribution < 1.29 is 9.59 Å². The first-order chi connectivity index (χ1) is 16.3. The van der Waals surface area contributed by atoms with Gasteiger partial charge in [0.05, 0.1) is 16.0 Å². The van der Waals surface area contributed by atoms with Crippen molar-refractivity contribution in [3.05, 3.63) is 46.6 Å². The van der Waals surface area contributed by atoms with Crippen molar-refractivity contribution in [2.45, 2.75) is 19.3 Å². The summed E-state index contributed by atoms with van der Waals surface area (Å²) in [5.74, 6) is 1.91. The quantitative estimate of drug-likeness (QED) is 0.614. The number of nitrogens with zero attached hydrogens (tertiary/aromatic N) is 5. The zero-order chi connectivity index (χ0) is 24.0. The van der Waals surface area contributed by atoms with E-state index in [0.717, 1.165) is 73.9 Å². The fourth-order valence-electron chi connectivity index (χ4n) is 5.44. The summed E-state index contributed by atoms with van der Waals surface area (Å²) in [5.41, 5.74) is 3.17. The number of anilines is 1. The van der Waals surface area contributed by atoms with Crippen molar-refractivity contribution >= 4 is 35.4 Å². The van der Waals surface area contributed by atoms with Crippen LogP contribution >= 0.6 is 11.6 Å². The number of aromatic nitrogens is 1. The average molecular weight is 480 g/mol. The molecule has 0 atom stereocenters. The molecule has 8 heteroatoms. The second-order valence-corrected chi connectivity index (χ2v) is 10.4. The van der Waals surface area contributed by atoms with Gasteiger partial charge < -0.3 is 14.7 Å². The van der Waals surface area contributed by atoms with Gasteiger partial charge in [0.15, 0.2) is 0 Å². The van der Waals surface area contributed by atoms with Crippen LogP contribution in [-0.4, -0.2) is 80.1 Å². The van der Waals surface area contributed by atoms with Gasteiger partial charge in [-0.3, -0.25) is 14.6 Å². The standard InChI is InChI=1S/C26H30ClN5O2/c1-28-15-20-10-19(18-4-5-21(22(27)11-18)24(33)30(2)3)16-29-23(20)31-6-8-32(9-7-31)25(34)26-12-17(13-26)14-26/h4-5,10-11,15-17H,6-9,12-14H2,1-3H3. The number of halogens is 1. The van der Waals surface area contributed by atoms with Crippen LogP contribution in [0.4, 0.5) is 5.82 Å². The molecule has 0 unspecified atom stereocenters. The number of rotatable bonds is 5. The van der Waals surface area contributed by atoms with E-state index < -0.39 is 0 Å². The highest BCUT2D eigenvalue weighted by Crippen LogP contribution is 2.65. The number of aliphatic imine (C=N–C) groups is 1. The summed E-state index contributed by atoms with van der Waals surface area (Å²) < 4.78 is 0. The highest BCUT2D eigenvalue weighted by molar-refractivity contribution is 6.34. The molecule has 2 aromatic rings. The van der Waals surface area contributed by atoms with Crippen molar-refractivity contribution in [1.29, 1.82) is 0 Å². The lowest BCUT2D eigenvalue weighted by atomic mass is 9.44. The second kappa shape index (κ2) is 8.69. The average Bonchev–Trinajstić information content (AvgIpc) is 2.77. The minimum atomic E-state index is -0.129. The van der Waals surface area contributed by atoms with E-state index >= 15 is 0 Å². The number of carbonyl (C=O) groups excluding carboxylic acids is 2. The summed E-state index contributed by atoms with van der Waals surface area (Å²) in [6.45, 7) is 2.98. The summed E-state index contributed by atoms with van der Waals surface area (Å²) in [4.78, 5) is 40.0. The SMILES string of the molecule is CN=Cc1cc(-c2ccc(C(=O)N(C)C)c(Cl)c2)cnc1N1CCN(C(=O)C23CC(C2)C3)CC1. The molecule has 3 aliphatic carbocycles. The lowest BCUT2D eigenvalue weighted by Gasteiger charge is -2.61. The third-order valence-electron chi connectivity index (χ3n) is 7.46. The normalized spacial score (nSPS) is 23.5. The maximum atomic E-state index is 12.9. The first-order valence-electron chi connectivity index (χ1n) is 11.8. The van der Waals surface area contributed by atoms with Gasteiger partial charge in [0, 0.05) is 70.9 Å². The van der Waals surface area contributed by atoms with E-state index in [4.69, 9.17) is 16.6 Å². The van der Waals surface area contributed by atoms with E-state index in [1.54, 1.807) is 33.3 Å². The Hall–Kier alpha value is -2.93. The Morgan fingerprint density at radius 2 is 1.82 bits per heavy atom. The van der Waals surface area contributed by atoms with Crippen molar-refractivity contribution in [3.8, 4) is 11.1 Å². The van der Waals surface area contributed by atoms with Gasteiger partial charge in [-0.25, -0.2) is 4.98 Å². The van der Waals surface area contributed by atoms with Crippen molar-refractivity contribution in [2.24, 2.45) is 16.3 Å². The number of piperazine rings is 1. The first-order valence-corrected chi connectivity index (χ1v) is 12.2. The van der Waals surface area contributed by atoms with E-state index in [-0.39, 0.29) is 11.3 Å². The van der Waals surface area contributed by atoms with Gasteiger partial charge in [0.25, 0.3) is 5.91 Å². The molecule has 0 spiro atoms. The van der Waals surface area contributed by atoms with Crippen molar-refractivity contribution in [1.82, 2.24) is 14.8 Å². The molecular weight excluding hydrogens is 450 g/mol. The Labute approximate surface area is 205 Å². The molecular formula is C26H30ClN5O2. The van der Waals surface area contributed by atoms with Crippen LogP contribution in [0.2, 0.25) is 5.02 Å². The maximum absolute atomic E-state index is 12.9. The summed E-state index contributed by atoms with van der Waals surface area (Å²) in [7, 11) is 5.16. The van der Waals surface area contributed by atoms with Crippen LogP contribution in [0, 0.1) is 11.3 Å². The zero-order valence-electron chi connectivity index (χ0n) is 19.9. The first kappa shape index (κ1) is 22.8. The van der Waals surface area contributed by atoms with Gasteiger partial charge >= 0.3 is 0 Å². The molecule has 2 heterocycles. The molecule has 4 aliphatic rings. The highest BCUT2D eigenvalue weighted by Gasteiger charge is 2.62. The number of amides is 2. The molecule has 4 fully saturated rings. The van der Waals surface area contributed by atoms with Crippen molar-refractivity contribution in [3.63, 3.8) is 0 Å². The van der Waals surface area contributed by atoms with Crippen molar-refractivity contribution in [2.75, 3.05) is 52.2 Å². The van der Waals surface area contributed by atoms with E-state index in [0.29, 0.717) is 16.5 Å². The van der Waals surface area contributed by atoms with E-state index in [2.05, 4.69) is 9.89 Å². The molecule has 2 bridgehead atoms. The molecule has 0 radical (unpaired) electrons. The van der Waals surface area contributed by atoms with Gasteiger partial charge in [-0.05, 0) is 48.9 Å². The summed E-state index contributed by atoms with van der Waals surface area (Å²) in [6, 6.07) is 7.50. The predicted molar refractivity (Wildman–Crippen MR) is 135 cm³/mol. The van der Waals surface area contributed by atoms with Crippen LogP contribution in [0.5, 0.6) is 0 Å². The van der Waals surface area contributed by atoms with Gasteiger partial charge in [-0.2, -0.15) is 0 Å². The number of hydrogen-bond donors (Lipinski definition) is 0. The van der Waals surface area contributed by atoms with Gasteiger partial charge in [-0.1, -0.05) is 17.7 Å². The van der Waals surface area contributed by atoms with Crippen LogP contribution < -0.4 is 4.90 Å². The number of hydrogen-bond acceptors (Lipinski definition) is 5. The molecule has 178 valence electrons. The van der Waals surface area contributed by atoms with Gasteiger partial charge in [-0.15, -0.1) is 0 Å². The number of benzene rings is 1. The fraction of sp³-hybridized carbons (Fsp3) is 0.462. The number of pyridine rings is 1. The third kappa shape index (κ3) is 3.86. The smallest absolute Gasteiger partial charge is 0.254 e.